The van der Waals surface area contributed by atoms with Crippen LogP contribution in [0.25, 0.3) is 0 Å². The van der Waals surface area contributed by atoms with Gasteiger partial charge in [-0.2, -0.15) is 4.98 Å². The van der Waals surface area contributed by atoms with E-state index in [1.165, 1.54) is 0 Å². The van der Waals surface area contributed by atoms with E-state index < -0.39 is 11.9 Å². The number of hydrogen-bond donors (Lipinski definition) is 2. The maximum atomic E-state index is 11.4. The van der Waals surface area contributed by atoms with Crippen LogP contribution in [0.5, 0.6) is 0 Å². The summed E-state index contributed by atoms with van der Waals surface area (Å²) in [6, 6.07) is 0. The summed E-state index contributed by atoms with van der Waals surface area (Å²) in [4.78, 5) is 29.3. The van der Waals surface area contributed by atoms with Crippen LogP contribution in [0.2, 0.25) is 0 Å². The third-order valence-electron chi connectivity index (χ3n) is 3.19. The minimum atomic E-state index is -0.832. The first-order valence-corrected chi connectivity index (χ1v) is 5.86. The number of aryl methyl sites for hydroxylation is 1. The highest BCUT2D eigenvalue weighted by molar-refractivity contribution is 5.77. The van der Waals surface area contributed by atoms with E-state index >= 15 is 0 Å². The van der Waals surface area contributed by atoms with Gasteiger partial charge in [-0.1, -0.05) is 13.8 Å². The van der Waals surface area contributed by atoms with E-state index in [1.54, 1.807) is 0 Å². The van der Waals surface area contributed by atoms with E-state index in [4.69, 9.17) is 0 Å². The summed E-state index contributed by atoms with van der Waals surface area (Å²) in [6.45, 7) is 3.85. The normalized spacial score (nSPS) is 19.1. The van der Waals surface area contributed by atoms with Crippen LogP contribution in [0, 0.1) is 0 Å². The third kappa shape index (κ3) is 2.09. The molecule has 0 saturated heterocycles. The molecular formula is C12H16N2O3. The van der Waals surface area contributed by atoms with Crippen molar-refractivity contribution in [3.05, 3.63) is 27.4 Å². The molecule has 5 nitrogen and oxygen atoms in total. The van der Waals surface area contributed by atoms with Crippen LogP contribution in [-0.2, 0) is 11.2 Å². The average Bonchev–Trinajstić information content (AvgIpc) is 2.26. The van der Waals surface area contributed by atoms with Crippen molar-refractivity contribution >= 4 is 5.97 Å². The maximum Gasteiger partial charge on any atom is 0.345 e. The highest BCUT2D eigenvalue weighted by atomic mass is 16.4. The number of carboxylic acid groups (broad SMARTS) is 1. The van der Waals surface area contributed by atoms with E-state index in [1.807, 2.05) is 13.8 Å². The molecule has 0 fully saturated rings. The van der Waals surface area contributed by atoms with Gasteiger partial charge in [0.15, 0.2) is 0 Å². The standard InChI is InChI=1S/C12H16N2O3/c1-6(2)10-9-7(11(15)16)4-3-5-8(9)13-12(17)14-10/h6-7H,3-5H2,1-2H3,(H,15,16)(H,13,14,17). The average molecular weight is 236 g/mol. The van der Waals surface area contributed by atoms with Crippen LogP contribution in [0.1, 0.15) is 55.5 Å². The van der Waals surface area contributed by atoms with Crippen molar-refractivity contribution in [2.75, 3.05) is 0 Å². The van der Waals surface area contributed by atoms with E-state index in [9.17, 15) is 14.7 Å². The Labute approximate surface area is 98.9 Å². The lowest BCUT2D eigenvalue weighted by molar-refractivity contribution is -0.139. The molecule has 1 aromatic rings. The van der Waals surface area contributed by atoms with Crippen LogP contribution < -0.4 is 5.69 Å². The number of H-pyrrole nitrogens is 1. The fraction of sp³-hybridized carbons (Fsp3) is 0.583. The minimum absolute atomic E-state index is 0.0611. The molecule has 5 heteroatoms. The number of carboxylic acids is 1. The van der Waals surface area contributed by atoms with Crippen LogP contribution in [0.4, 0.5) is 0 Å². The molecule has 1 aliphatic carbocycles. The summed E-state index contributed by atoms with van der Waals surface area (Å²) in [7, 11) is 0. The Bertz CT molecular complexity index is 505. The van der Waals surface area contributed by atoms with Crippen LogP contribution in [0.3, 0.4) is 0 Å². The lowest BCUT2D eigenvalue weighted by Gasteiger charge is -2.25. The summed E-state index contributed by atoms with van der Waals surface area (Å²) in [6.07, 6.45) is 2.15. The zero-order valence-corrected chi connectivity index (χ0v) is 9.99. The van der Waals surface area contributed by atoms with Gasteiger partial charge in [0, 0.05) is 11.3 Å². The van der Waals surface area contributed by atoms with Crippen LogP contribution >= 0.6 is 0 Å². The Morgan fingerprint density at radius 2 is 2.24 bits per heavy atom. The molecule has 17 heavy (non-hydrogen) atoms. The Kier molecular flexibility index (Phi) is 3.00. The fourth-order valence-corrected chi connectivity index (χ4v) is 2.45. The number of carbonyl (C=O) groups is 1. The summed E-state index contributed by atoms with van der Waals surface area (Å²) < 4.78 is 0. The second-order valence-electron chi connectivity index (χ2n) is 4.76. The number of nitrogens with one attached hydrogen (secondary N) is 1. The van der Waals surface area contributed by atoms with Crippen molar-refractivity contribution in [2.45, 2.75) is 44.9 Å². The van der Waals surface area contributed by atoms with Gasteiger partial charge in [-0.25, -0.2) is 4.79 Å². The Hall–Kier alpha value is -1.65. The highest BCUT2D eigenvalue weighted by Gasteiger charge is 2.31. The van der Waals surface area contributed by atoms with Gasteiger partial charge in [-0.05, 0) is 25.2 Å². The van der Waals surface area contributed by atoms with E-state index in [0.717, 1.165) is 24.1 Å². The summed E-state index contributed by atoms with van der Waals surface area (Å²) in [5, 5.41) is 9.24. The maximum absolute atomic E-state index is 11.4. The van der Waals surface area contributed by atoms with Crippen LogP contribution in [0.15, 0.2) is 4.79 Å². The number of nitrogens with zero attached hydrogens (tertiary/aromatic N) is 1. The molecule has 2 N–H and O–H groups in total. The molecule has 92 valence electrons. The molecule has 1 atom stereocenters. The second-order valence-corrected chi connectivity index (χ2v) is 4.76. The van der Waals surface area contributed by atoms with Gasteiger partial charge >= 0.3 is 11.7 Å². The second kappa shape index (κ2) is 4.31. The quantitative estimate of drug-likeness (QED) is 0.813. The molecule has 0 aromatic carbocycles. The van der Waals surface area contributed by atoms with E-state index in [2.05, 4.69) is 9.97 Å². The van der Waals surface area contributed by atoms with Gasteiger partial charge in [0.1, 0.15) is 0 Å². The monoisotopic (exact) mass is 236 g/mol. The number of fused-ring (bicyclic) bond motifs is 1. The van der Waals surface area contributed by atoms with Crippen molar-refractivity contribution in [3.8, 4) is 0 Å². The van der Waals surface area contributed by atoms with Gasteiger partial charge in [0.2, 0.25) is 0 Å². The van der Waals surface area contributed by atoms with Crippen molar-refractivity contribution in [1.29, 1.82) is 0 Å². The molecule has 0 bridgehead atoms. The van der Waals surface area contributed by atoms with E-state index in [0.29, 0.717) is 12.1 Å². The molecule has 0 saturated carbocycles. The highest BCUT2D eigenvalue weighted by Crippen LogP contribution is 2.34. The number of aromatic amines is 1. The molecule has 0 spiro atoms. The molecule has 1 heterocycles. The van der Waals surface area contributed by atoms with Crippen molar-refractivity contribution in [1.82, 2.24) is 9.97 Å². The van der Waals surface area contributed by atoms with Crippen LogP contribution in [-0.4, -0.2) is 21.0 Å². The van der Waals surface area contributed by atoms with Crippen molar-refractivity contribution < 1.29 is 9.90 Å². The Morgan fingerprint density at radius 1 is 1.53 bits per heavy atom. The summed E-state index contributed by atoms with van der Waals surface area (Å²) in [5.41, 5.74) is 1.75. The summed E-state index contributed by atoms with van der Waals surface area (Å²) >= 11 is 0. The van der Waals surface area contributed by atoms with Gasteiger partial charge < -0.3 is 10.1 Å². The largest absolute Gasteiger partial charge is 0.481 e. The lowest BCUT2D eigenvalue weighted by Crippen LogP contribution is -2.27. The van der Waals surface area contributed by atoms with Crippen molar-refractivity contribution in [2.24, 2.45) is 0 Å². The van der Waals surface area contributed by atoms with Gasteiger partial charge in [-0.15, -0.1) is 0 Å². The zero-order chi connectivity index (χ0) is 12.6. The zero-order valence-electron chi connectivity index (χ0n) is 9.99. The Balaban J connectivity index is 2.65. The van der Waals surface area contributed by atoms with Gasteiger partial charge in [0.25, 0.3) is 0 Å². The third-order valence-corrected chi connectivity index (χ3v) is 3.19. The molecule has 1 unspecified atom stereocenters. The molecule has 2 rings (SSSR count). The lowest BCUT2D eigenvalue weighted by atomic mass is 9.82. The Morgan fingerprint density at radius 3 is 2.82 bits per heavy atom. The number of aromatic nitrogens is 2. The predicted octanol–water partition coefficient (Wildman–Crippen LogP) is 1.40. The molecule has 1 aromatic heterocycles. The first-order chi connectivity index (χ1) is 8.00. The molecule has 1 aliphatic rings. The molecule has 0 radical (unpaired) electrons. The smallest absolute Gasteiger partial charge is 0.345 e. The van der Waals surface area contributed by atoms with Gasteiger partial charge in [-0.3, -0.25) is 4.79 Å². The molecule has 0 amide bonds. The van der Waals surface area contributed by atoms with E-state index in [-0.39, 0.29) is 11.6 Å². The summed E-state index contributed by atoms with van der Waals surface area (Å²) in [5.74, 6) is -1.30. The number of rotatable bonds is 2. The molecular weight excluding hydrogens is 220 g/mol. The number of hydrogen-bond acceptors (Lipinski definition) is 3. The van der Waals surface area contributed by atoms with Gasteiger partial charge in [0.05, 0.1) is 11.6 Å². The minimum Gasteiger partial charge on any atom is -0.481 e. The first-order valence-electron chi connectivity index (χ1n) is 5.86. The SMILES string of the molecule is CC(C)c1nc(=O)[nH]c2c1C(C(=O)O)CCC2. The first kappa shape index (κ1) is 11.8. The predicted molar refractivity (Wildman–Crippen MR) is 62.3 cm³/mol. The van der Waals surface area contributed by atoms with Crippen molar-refractivity contribution in [3.63, 3.8) is 0 Å². The topological polar surface area (TPSA) is 83.0 Å². The molecule has 0 aliphatic heterocycles. The fourth-order valence-electron chi connectivity index (χ4n) is 2.45. The number of aliphatic carboxylic acids is 1.